The Hall–Kier alpha value is -1.32. The molecule has 0 radical (unpaired) electrons. The van der Waals surface area contributed by atoms with E-state index in [1.807, 2.05) is 13.0 Å². The average molecular weight is 256 g/mol. The second-order valence-electron chi connectivity index (χ2n) is 4.26. The summed E-state index contributed by atoms with van der Waals surface area (Å²) in [6, 6.07) is 0. The summed E-state index contributed by atoms with van der Waals surface area (Å²) in [6.07, 6.45) is 8.99. The van der Waals surface area contributed by atoms with Gasteiger partial charge in [0.1, 0.15) is 0 Å². The summed E-state index contributed by atoms with van der Waals surface area (Å²) in [5.41, 5.74) is 0. The Morgan fingerprint density at radius 1 is 1.17 bits per heavy atom. The number of unbranched alkanes of at least 4 members (excludes halogenated alkanes) is 3. The molecule has 0 saturated carbocycles. The maximum Gasteiger partial charge on any atom is 0.320 e. The molecule has 1 unspecified atom stereocenters. The predicted molar refractivity (Wildman–Crippen MR) is 70.3 cm³/mol. The number of carboxylic acids is 1. The molecule has 0 amide bonds. The molecule has 0 aromatic carbocycles. The Balaban J connectivity index is 4.04. The van der Waals surface area contributed by atoms with Crippen molar-refractivity contribution in [2.24, 2.45) is 5.92 Å². The minimum atomic E-state index is -1.12. The van der Waals surface area contributed by atoms with Crippen LogP contribution in [0, 0.1) is 5.92 Å². The lowest BCUT2D eigenvalue weighted by molar-refractivity contribution is -0.158. The van der Waals surface area contributed by atoms with Crippen LogP contribution in [0.2, 0.25) is 0 Å². The number of carbonyl (C=O) groups is 2. The highest BCUT2D eigenvalue weighted by Crippen LogP contribution is 2.09. The first-order chi connectivity index (χ1) is 8.63. The fourth-order valence-electron chi connectivity index (χ4n) is 1.46. The van der Waals surface area contributed by atoms with Gasteiger partial charge in [-0.15, -0.1) is 0 Å². The van der Waals surface area contributed by atoms with Gasteiger partial charge in [-0.25, -0.2) is 0 Å². The molecule has 0 aliphatic rings. The van der Waals surface area contributed by atoms with Gasteiger partial charge in [0, 0.05) is 0 Å². The van der Waals surface area contributed by atoms with E-state index in [4.69, 9.17) is 9.84 Å². The average Bonchev–Trinajstić information content (AvgIpc) is 2.34. The lowest BCUT2D eigenvalue weighted by Gasteiger charge is -2.09. The van der Waals surface area contributed by atoms with Gasteiger partial charge in [-0.2, -0.15) is 0 Å². The molecule has 0 saturated heterocycles. The van der Waals surface area contributed by atoms with Gasteiger partial charge in [0.25, 0.3) is 0 Å². The number of ether oxygens (including phenoxy) is 1. The molecule has 0 heterocycles. The Labute approximate surface area is 109 Å². The number of hydrogen-bond donors (Lipinski definition) is 1. The fourth-order valence-corrected chi connectivity index (χ4v) is 1.46. The summed E-state index contributed by atoms with van der Waals surface area (Å²) in [5.74, 6) is -2.82. The molecule has 18 heavy (non-hydrogen) atoms. The van der Waals surface area contributed by atoms with Gasteiger partial charge in [-0.05, 0) is 25.7 Å². The largest absolute Gasteiger partial charge is 0.481 e. The van der Waals surface area contributed by atoms with Crippen LogP contribution in [0.15, 0.2) is 12.2 Å². The quantitative estimate of drug-likeness (QED) is 0.282. The van der Waals surface area contributed by atoms with Crippen LogP contribution in [0.1, 0.15) is 52.4 Å². The van der Waals surface area contributed by atoms with Gasteiger partial charge in [0.15, 0.2) is 5.92 Å². The van der Waals surface area contributed by atoms with Crippen molar-refractivity contribution in [3.8, 4) is 0 Å². The van der Waals surface area contributed by atoms with E-state index in [0.29, 0.717) is 6.42 Å². The van der Waals surface area contributed by atoms with Gasteiger partial charge >= 0.3 is 11.9 Å². The van der Waals surface area contributed by atoms with Crippen LogP contribution in [-0.2, 0) is 14.3 Å². The first-order valence-electron chi connectivity index (χ1n) is 6.67. The zero-order valence-corrected chi connectivity index (χ0v) is 11.4. The van der Waals surface area contributed by atoms with Crippen molar-refractivity contribution < 1.29 is 19.4 Å². The van der Waals surface area contributed by atoms with Crippen LogP contribution in [0.5, 0.6) is 0 Å². The summed E-state index contributed by atoms with van der Waals surface area (Å²) >= 11 is 0. The van der Waals surface area contributed by atoms with E-state index < -0.39 is 17.9 Å². The standard InChI is InChI=1S/C14H24O4/c1-3-5-6-7-8-9-10-12(13(15)16)14(17)18-11-4-2/h8-9,12H,3-7,10-11H2,1-2H3,(H,15,16)/b9-8+. The van der Waals surface area contributed by atoms with Crippen LogP contribution in [-0.4, -0.2) is 23.7 Å². The molecule has 0 aliphatic heterocycles. The normalized spacial score (nSPS) is 12.6. The predicted octanol–water partition coefficient (Wildman–Crippen LogP) is 3.17. The molecular weight excluding hydrogens is 232 g/mol. The van der Waals surface area contributed by atoms with Crippen molar-refractivity contribution >= 4 is 11.9 Å². The lowest BCUT2D eigenvalue weighted by Crippen LogP contribution is -2.25. The Bertz CT molecular complexity index is 271. The van der Waals surface area contributed by atoms with E-state index >= 15 is 0 Å². The van der Waals surface area contributed by atoms with Crippen LogP contribution >= 0.6 is 0 Å². The van der Waals surface area contributed by atoms with Gasteiger partial charge in [-0.3, -0.25) is 9.59 Å². The molecule has 1 N–H and O–H groups in total. The zero-order chi connectivity index (χ0) is 13.8. The number of rotatable bonds is 10. The second kappa shape index (κ2) is 10.8. The van der Waals surface area contributed by atoms with Crippen LogP contribution in [0.3, 0.4) is 0 Å². The first kappa shape index (κ1) is 16.7. The Morgan fingerprint density at radius 3 is 2.44 bits per heavy atom. The zero-order valence-electron chi connectivity index (χ0n) is 11.4. The number of hydrogen-bond acceptors (Lipinski definition) is 3. The number of aliphatic carboxylic acids is 1. The number of carboxylic acid groups (broad SMARTS) is 1. The first-order valence-corrected chi connectivity index (χ1v) is 6.67. The Morgan fingerprint density at radius 2 is 1.89 bits per heavy atom. The van der Waals surface area contributed by atoms with Crippen molar-refractivity contribution in [1.82, 2.24) is 0 Å². The highest BCUT2D eigenvalue weighted by atomic mass is 16.5. The summed E-state index contributed by atoms with van der Waals surface area (Å²) in [5, 5.41) is 8.95. The van der Waals surface area contributed by atoms with E-state index in [1.165, 1.54) is 6.42 Å². The van der Waals surface area contributed by atoms with Gasteiger partial charge < -0.3 is 9.84 Å². The summed E-state index contributed by atoms with van der Waals surface area (Å²) in [6.45, 7) is 4.29. The van der Waals surface area contributed by atoms with Crippen molar-refractivity contribution in [3.05, 3.63) is 12.2 Å². The third-order valence-corrected chi connectivity index (χ3v) is 2.54. The van der Waals surface area contributed by atoms with E-state index in [1.54, 1.807) is 6.08 Å². The molecule has 104 valence electrons. The molecule has 0 fully saturated rings. The van der Waals surface area contributed by atoms with E-state index in [2.05, 4.69) is 6.92 Å². The fraction of sp³-hybridized carbons (Fsp3) is 0.714. The van der Waals surface area contributed by atoms with Gasteiger partial charge in [0.05, 0.1) is 6.61 Å². The molecule has 0 aromatic rings. The maximum absolute atomic E-state index is 11.5. The molecule has 4 heteroatoms. The number of carbonyl (C=O) groups excluding carboxylic acids is 1. The van der Waals surface area contributed by atoms with Crippen molar-refractivity contribution in [1.29, 1.82) is 0 Å². The molecule has 0 rings (SSSR count). The van der Waals surface area contributed by atoms with Crippen LogP contribution in [0.4, 0.5) is 0 Å². The monoisotopic (exact) mass is 256 g/mol. The lowest BCUT2D eigenvalue weighted by atomic mass is 10.1. The highest BCUT2D eigenvalue weighted by molar-refractivity contribution is 5.94. The minimum absolute atomic E-state index is 0.212. The third-order valence-electron chi connectivity index (χ3n) is 2.54. The van der Waals surface area contributed by atoms with Crippen molar-refractivity contribution in [2.45, 2.75) is 52.4 Å². The van der Waals surface area contributed by atoms with E-state index in [-0.39, 0.29) is 13.0 Å². The molecule has 0 spiro atoms. The molecule has 0 aromatic heterocycles. The second-order valence-corrected chi connectivity index (χ2v) is 4.26. The van der Waals surface area contributed by atoms with E-state index in [0.717, 1.165) is 19.3 Å². The van der Waals surface area contributed by atoms with Crippen LogP contribution < -0.4 is 0 Å². The topological polar surface area (TPSA) is 63.6 Å². The van der Waals surface area contributed by atoms with Gasteiger partial charge in [-0.1, -0.05) is 38.8 Å². The summed E-state index contributed by atoms with van der Waals surface area (Å²) in [7, 11) is 0. The molecule has 0 aliphatic carbocycles. The number of esters is 1. The van der Waals surface area contributed by atoms with E-state index in [9.17, 15) is 9.59 Å². The SMILES string of the molecule is CCCCC/C=C/CC(C(=O)O)C(=O)OCCC. The highest BCUT2D eigenvalue weighted by Gasteiger charge is 2.26. The molecule has 1 atom stereocenters. The van der Waals surface area contributed by atoms with Crippen LogP contribution in [0.25, 0.3) is 0 Å². The summed E-state index contributed by atoms with van der Waals surface area (Å²) in [4.78, 5) is 22.4. The Kier molecular flexibility index (Phi) is 10.0. The summed E-state index contributed by atoms with van der Waals surface area (Å²) < 4.78 is 4.86. The minimum Gasteiger partial charge on any atom is -0.481 e. The van der Waals surface area contributed by atoms with Crippen molar-refractivity contribution in [2.75, 3.05) is 6.61 Å². The maximum atomic E-state index is 11.5. The smallest absolute Gasteiger partial charge is 0.320 e. The number of allylic oxidation sites excluding steroid dienone is 2. The molecule has 0 bridgehead atoms. The van der Waals surface area contributed by atoms with Crippen molar-refractivity contribution in [3.63, 3.8) is 0 Å². The molecular formula is C14H24O4. The third kappa shape index (κ3) is 7.87. The molecule has 4 nitrogen and oxygen atoms in total. The van der Waals surface area contributed by atoms with Gasteiger partial charge in [0.2, 0.25) is 0 Å².